The maximum atomic E-state index is 13.2. The Balaban J connectivity index is 1.93. The second-order valence-corrected chi connectivity index (χ2v) is 5.08. The van der Waals surface area contributed by atoms with Crippen molar-refractivity contribution in [1.29, 1.82) is 0 Å². The second kappa shape index (κ2) is 6.31. The Bertz CT molecular complexity index is 959. The van der Waals surface area contributed by atoms with Gasteiger partial charge in [0.1, 0.15) is 11.6 Å². The molecule has 0 aliphatic rings. The quantitative estimate of drug-likeness (QED) is 0.711. The standard InChI is InChI=1S/C19H12FNO3/c20-15-9-14(10-16(22)11-15)6-5-13-7-8-21(12-13)18-4-2-1-3-17(18)19(23)24/h1-4,7-12,22H,(H,23,24). The number of carboxylic acid groups (broad SMARTS) is 1. The molecule has 0 atom stereocenters. The number of phenols is 1. The van der Waals surface area contributed by atoms with Gasteiger partial charge in [0.15, 0.2) is 0 Å². The van der Waals surface area contributed by atoms with Gasteiger partial charge in [0.25, 0.3) is 0 Å². The summed E-state index contributed by atoms with van der Waals surface area (Å²) in [5.74, 6) is 3.86. The molecular formula is C19H12FNO3. The van der Waals surface area contributed by atoms with Crippen molar-refractivity contribution in [1.82, 2.24) is 4.57 Å². The number of benzene rings is 2. The Morgan fingerprint density at radius 3 is 2.54 bits per heavy atom. The SMILES string of the molecule is O=C(O)c1ccccc1-n1ccc(C#Cc2cc(O)cc(F)c2)c1. The molecule has 5 heteroatoms. The highest BCUT2D eigenvalue weighted by molar-refractivity contribution is 5.91. The number of hydrogen-bond acceptors (Lipinski definition) is 2. The van der Waals surface area contributed by atoms with Crippen LogP contribution in [0.25, 0.3) is 5.69 Å². The van der Waals surface area contributed by atoms with Crippen LogP contribution >= 0.6 is 0 Å². The van der Waals surface area contributed by atoms with Gasteiger partial charge in [-0.25, -0.2) is 9.18 Å². The maximum absolute atomic E-state index is 13.2. The van der Waals surface area contributed by atoms with Gasteiger partial charge in [0.2, 0.25) is 0 Å². The van der Waals surface area contributed by atoms with Crippen molar-refractivity contribution in [3.8, 4) is 23.3 Å². The smallest absolute Gasteiger partial charge is 0.337 e. The molecule has 0 saturated heterocycles. The van der Waals surface area contributed by atoms with Gasteiger partial charge in [-0.3, -0.25) is 0 Å². The first-order chi connectivity index (χ1) is 11.5. The van der Waals surface area contributed by atoms with E-state index < -0.39 is 11.8 Å². The fourth-order valence-electron chi connectivity index (χ4n) is 2.29. The summed E-state index contributed by atoms with van der Waals surface area (Å²) in [6.45, 7) is 0. The number of nitrogens with zero attached hydrogens (tertiary/aromatic N) is 1. The second-order valence-electron chi connectivity index (χ2n) is 5.08. The number of carboxylic acids is 1. The van der Waals surface area contributed by atoms with Crippen LogP contribution in [0.3, 0.4) is 0 Å². The topological polar surface area (TPSA) is 62.5 Å². The molecule has 4 nitrogen and oxygen atoms in total. The molecule has 3 aromatic rings. The van der Waals surface area contributed by atoms with Crippen molar-refractivity contribution in [2.24, 2.45) is 0 Å². The van der Waals surface area contributed by atoms with Gasteiger partial charge in [-0.1, -0.05) is 24.0 Å². The van der Waals surface area contributed by atoms with Crippen LogP contribution in [0.15, 0.2) is 60.9 Å². The largest absolute Gasteiger partial charge is 0.508 e. The molecule has 2 N–H and O–H groups in total. The van der Waals surface area contributed by atoms with Gasteiger partial charge >= 0.3 is 5.97 Å². The first kappa shape index (κ1) is 15.4. The van der Waals surface area contributed by atoms with Gasteiger partial charge in [-0.15, -0.1) is 0 Å². The molecule has 0 fully saturated rings. The molecular weight excluding hydrogens is 309 g/mol. The lowest BCUT2D eigenvalue weighted by Crippen LogP contribution is -2.03. The van der Waals surface area contributed by atoms with Crippen molar-refractivity contribution in [2.45, 2.75) is 0 Å². The Hall–Kier alpha value is -3.52. The van der Waals surface area contributed by atoms with E-state index in [2.05, 4.69) is 11.8 Å². The van der Waals surface area contributed by atoms with E-state index in [0.29, 0.717) is 16.8 Å². The van der Waals surface area contributed by atoms with Crippen LogP contribution in [-0.2, 0) is 0 Å². The predicted molar refractivity (Wildman–Crippen MR) is 86.8 cm³/mol. The molecule has 0 unspecified atom stereocenters. The van der Waals surface area contributed by atoms with E-state index in [0.717, 1.165) is 6.07 Å². The van der Waals surface area contributed by atoms with Crippen molar-refractivity contribution >= 4 is 5.97 Å². The first-order valence-corrected chi connectivity index (χ1v) is 7.05. The number of carbonyl (C=O) groups is 1. The number of aromatic hydroxyl groups is 1. The summed E-state index contributed by atoms with van der Waals surface area (Å²) in [4.78, 5) is 11.3. The minimum Gasteiger partial charge on any atom is -0.508 e. The van der Waals surface area contributed by atoms with E-state index in [1.54, 1.807) is 41.2 Å². The molecule has 118 valence electrons. The van der Waals surface area contributed by atoms with E-state index in [1.807, 2.05) is 0 Å². The van der Waals surface area contributed by atoms with Gasteiger partial charge < -0.3 is 14.8 Å². The molecule has 24 heavy (non-hydrogen) atoms. The molecule has 0 aliphatic carbocycles. The fourth-order valence-corrected chi connectivity index (χ4v) is 2.29. The number of aromatic nitrogens is 1. The third kappa shape index (κ3) is 3.28. The van der Waals surface area contributed by atoms with E-state index >= 15 is 0 Å². The summed E-state index contributed by atoms with van der Waals surface area (Å²) in [6.07, 6.45) is 3.39. The van der Waals surface area contributed by atoms with Gasteiger partial charge in [-0.05, 0) is 30.3 Å². The van der Waals surface area contributed by atoms with Crippen LogP contribution in [-0.4, -0.2) is 20.7 Å². The Kier molecular flexibility index (Phi) is 4.04. The zero-order chi connectivity index (χ0) is 17.1. The molecule has 0 radical (unpaired) electrons. The summed E-state index contributed by atoms with van der Waals surface area (Å²) in [6, 6.07) is 12.0. The molecule has 0 amide bonds. The highest BCUT2D eigenvalue weighted by Crippen LogP contribution is 2.17. The number of aromatic carboxylic acids is 1. The Morgan fingerprint density at radius 1 is 1.04 bits per heavy atom. The highest BCUT2D eigenvalue weighted by atomic mass is 19.1. The molecule has 3 rings (SSSR count). The van der Waals surface area contributed by atoms with E-state index in [-0.39, 0.29) is 11.3 Å². The monoisotopic (exact) mass is 321 g/mol. The Labute approximate surface area is 137 Å². The molecule has 0 bridgehead atoms. The number of hydrogen-bond donors (Lipinski definition) is 2. The number of para-hydroxylation sites is 1. The van der Waals surface area contributed by atoms with Crippen LogP contribution in [0.5, 0.6) is 5.75 Å². The van der Waals surface area contributed by atoms with Crippen molar-refractivity contribution in [2.75, 3.05) is 0 Å². The van der Waals surface area contributed by atoms with Crippen molar-refractivity contribution in [3.05, 3.63) is 83.4 Å². The lowest BCUT2D eigenvalue weighted by atomic mass is 10.2. The summed E-state index contributed by atoms with van der Waals surface area (Å²) in [7, 11) is 0. The molecule has 0 spiro atoms. The lowest BCUT2D eigenvalue weighted by molar-refractivity contribution is 0.0697. The third-order valence-corrected chi connectivity index (χ3v) is 3.34. The van der Waals surface area contributed by atoms with E-state index in [1.165, 1.54) is 18.2 Å². The number of phenolic OH excluding ortho intramolecular Hbond substituents is 1. The first-order valence-electron chi connectivity index (χ1n) is 7.05. The fraction of sp³-hybridized carbons (Fsp3) is 0. The van der Waals surface area contributed by atoms with Crippen LogP contribution in [0.4, 0.5) is 4.39 Å². The van der Waals surface area contributed by atoms with Crippen LogP contribution in [0.1, 0.15) is 21.5 Å². The van der Waals surface area contributed by atoms with E-state index in [4.69, 9.17) is 0 Å². The van der Waals surface area contributed by atoms with Gasteiger partial charge in [-0.2, -0.15) is 0 Å². The number of halogens is 1. The normalized spacial score (nSPS) is 10.0. The molecule has 1 aromatic heterocycles. The van der Waals surface area contributed by atoms with Crippen LogP contribution in [0.2, 0.25) is 0 Å². The molecule has 2 aromatic carbocycles. The lowest BCUT2D eigenvalue weighted by Gasteiger charge is -2.06. The van der Waals surface area contributed by atoms with Crippen LogP contribution in [0, 0.1) is 17.7 Å². The average Bonchev–Trinajstić information content (AvgIpc) is 3.01. The third-order valence-electron chi connectivity index (χ3n) is 3.34. The zero-order valence-corrected chi connectivity index (χ0v) is 12.4. The van der Waals surface area contributed by atoms with Crippen LogP contribution < -0.4 is 0 Å². The average molecular weight is 321 g/mol. The van der Waals surface area contributed by atoms with E-state index in [9.17, 15) is 19.4 Å². The van der Waals surface area contributed by atoms with Crippen molar-refractivity contribution in [3.63, 3.8) is 0 Å². The van der Waals surface area contributed by atoms with Gasteiger partial charge in [0.05, 0.1) is 11.3 Å². The maximum Gasteiger partial charge on any atom is 0.337 e. The summed E-state index contributed by atoms with van der Waals surface area (Å²) in [5, 5.41) is 18.6. The minimum absolute atomic E-state index is 0.183. The minimum atomic E-state index is -1.01. The van der Waals surface area contributed by atoms with Crippen molar-refractivity contribution < 1.29 is 19.4 Å². The Morgan fingerprint density at radius 2 is 1.79 bits per heavy atom. The molecule has 1 heterocycles. The summed E-state index contributed by atoms with van der Waals surface area (Å²) >= 11 is 0. The number of rotatable bonds is 2. The molecule has 0 aliphatic heterocycles. The zero-order valence-electron chi connectivity index (χ0n) is 12.4. The highest BCUT2D eigenvalue weighted by Gasteiger charge is 2.10. The summed E-state index contributed by atoms with van der Waals surface area (Å²) < 4.78 is 14.9. The summed E-state index contributed by atoms with van der Waals surface area (Å²) in [5.41, 5.74) is 1.70. The van der Waals surface area contributed by atoms with Gasteiger partial charge in [0, 0.05) is 29.6 Å². The molecule has 0 saturated carbocycles. The predicted octanol–water partition coefficient (Wildman–Crippen LogP) is 3.42.